The maximum absolute atomic E-state index is 12.6. The maximum Gasteiger partial charge on any atom is 0.345 e. The average molecular weight is 416 g/mol. The number of aromatic nitrogens is 3. The zero-order valence-electron chi connectivity index (χ0n) is 18.3. The number of nitrogens with zero attached hydrogens (tertiary/aromatic N) is 4. The van der Waals surface area contributed by atoms with Gasteiger partial charge in [-0.15, -0.1) is 0 Å². The van der Waals surface area contributed by atoms with Crippen LogP contribution in [0.5, 0.6) is 5.75 Å². The third kappa shape index (κ3) is 5.95. The second kappa shape index (κ2) is 10.4. The zero-order chi connectivity index (χ0) is 21.5. The number of aryl methyl sites for hydroxylation is 2. The molecule has 1 atom stereocenters. The number of fused-ring (bicyclic) bond motifs is 1. The molecule has 8 nitrogen and oxygen atoms in total. The number of amides is 1. The van der Waals surface area contributed by atoms with Gasteiger partial charge in [-0.1, -0.05) is 12.1 Å². The maximum atomic E-state index is 12.6. The molecule has 1 aliphatic rings. The Hall–Kier alpha value is -2.61. The van der Waals surface area contributed by atoms with Gasteiger partial charge in [-0.3, -0.25) is 9.36 Å². The molecule has 2 aromatic rings. The Balaban J connectivity index is 1.44. The summed E-state index contributed by atoms with van der Waals surface area (Å²) in [4.78, 5) is 27.0. The van der Waals surface area contributed by atoms with Crippen LogP contribution in [0.15, 0.2) is 29.1 Å². The fourth-order valence-corrected chi connectivity index (χ4v) is 3.76. The van der Waals surface area contributed by atoms with Crippen LogP contribution in [0.2, 0.25) is 0 Å². The second-order valence-electron chi connectivity index (χ2n) is 8.17. The predicted octanol–water partition coefficient (Wildman–Crippen LogP) is 1.46. The van der Waals surface area contributed by atoms with Gasteiger partial charge in [-0.2, -0.15) is 5.10 Å². The molecule has 0 spiro atoms. The Labute approximate surface area is 177 Å². The first kappa shape index (κ1) is 22.1. The highest BCUT2D eigenvalue weighted by atomic mass is 16.5. The van der Waals surface area contributed by atoms with Crippen LogP contribution in [-0.4, -0.2) is 58.9 Å². The number of benzene rings is 1. The van der Waals surface area contributed by atoms with E-state index in [2.05, 4.69) is 10.4 Å². The van der Waals surface area contributed by atoms with Crippen molar-refractivity contribution < 1.29 is 9.53 Å². The van der Waals surface area contributed by atoms with Gasteiger partial charge in [0.1, 0.15) is 11.6 Å². The van der Waals surface area contributed by atoms with Crippen LogP contribution in [0.4, 0.5) is 0 Å². The molecule has 3 rings (SSSR count). The van der Waals surface area contributed by atoms with Crippen LogP contribution < -0.4 is 15.7 Å². The van der Waals surface area contributed by atoms with Crippen molar-refractivity contribution in [3.8, 4) is 5.75 Å². The van der Waals surface area contributed by atoms with Crippen LogP contribution in [0.1, 0.15) is 37.1 Å². The molecule has 0 saturated heterocycles. The van der Waals surface area contributed by atoms with Gasteiger partial charge in [0.2, 0.25) is 5.91 Å². The van der Waals surface area contributed by atoms with Gasteiger partial charge >= 0.3 is 5.69 Å². The third-order valence-corrected chi connectivity index (χ3v) is 5.57. The van der Waals surface area contributed by atoms with E-state index < -0.39 is 0 Å². The molecule has 0 saturated carbocycles. The summed E-state index contributed by atoms with van der Waals surface area (Å²) in [5.74, 6) is 1.75. The van der Waals surface area contributed by atoms with E-state index in [1.807, 2.05) is 43.3 Å². The van der Waals surface area contributed by atoms with E-state index in [-0.39, 0.29) is 17.6 Å². The first-order chi connectivity index (χ1) is 14.5. The highest BCUT2D eigenvalue weighted by Crippen LogP contribution is 2.14. The summed E-state index contributed by atoms with van der Waals surface area (Å²) in [6.45, 7) is 1.98. The molecule has 1 aromatic heterocycles. The van der Waals surface area contributed by atoms with Gasteiger partial charge in [0, 0.05) is 32.0 Å². The standard InChI is InChI=1S/C22H33N5O3/c1-25(2)15-16-27-22(29)26-14-13-18(9-12-20(26)24-27)23-21(28)6-4-5-17-7-10-19(30-3)11-8-17/h7-8,10-11,18H,4-6,9,12-16H2,1-3H3,(H,23,28). The Kier molecular flexibility index (Phi) is 7.68. The number of likely N-dealkylation sites (N-methyl/N-ethyl adjacent to an activating group) is 1. The zero-order valence-corrected chi connectivity index (χ0v) is 18.3. The Bertz CT molecular complexity index is 885. The smallest absolute Gasteiger partial charge is 0.345 e. The Morgan fingerprint density at radius 2 is 2.03 bits per heavy atom. The van der Waals surface area contributed by atoms with Crippen molar-refractivity contribution in [3.05, 3.63) is 46.1 Å². The Morgan fingerprint density at radius 1 is 1.27 bits per heavy atom. The summed E-state index contributed by atoms with van der Waals surface area (Å²) in [5.41, 5.74) is 1.16. The van der Waals surface area contributed by atoms with E-state index in [4.69, 9.17) is 4.74 Å². The molecular formula is C22H33N5O3. The predicted molar refractivity (Wildman–Crippen MR) is 116 cm³/mol. The quantitative estimate of drug-likeness (QED) is 0.671. The molecule has 1 aliphatic heterocycles. The summed E-state index contributed by atoms with van der Waals surface area (Å²) < 4.78 is 8.50. The molecule has 164 valence electrons. The Morgan fingerprint density at radius 3 is 2.73 bits per heavy atom. The molecule has 2 heterocycles. The number of nitrogens with one attached hydrogen (secondary N) is 1. The number of carbonyl (C=O) groups excluding carboxylic acids is 1. The lowest BCUT2D eigenvalue weighted by atomic mass is 10.1. The van der Waals surface area contributed by atoms with Crippen molar-refractivity contribution in [1.82, 2.24) is 24.6 Å². The van der Waals surface area contributed by atoms with Crippen molar-refractivity contribution >= 4 is 5.91 Å². The van der Waals surface area contributed by atoms with Crippen molar-refractivity contribution in [2.75, 3.05) is 27.7 Å². The minimum Gasteiger partial charge on any atom is -0.497 e. The summed E-state index contributed by atoms with van der Waals surface area (Å²) >= 11 is 0. The van der Waals surface area contributed by atoms with Crippen molar-refractivity contribution in [2.24, 2.45) is 0 Å². The van der Waals surface area contributed by atoms with Crippen LogP contribution in [0.3, 0.4) is 0 Å². The average Bonchev–Trinajstić information content (AvgIpc) is 2.89. The molecule has 1 aromatic carbocycles. The molecule has 0 bridgehead atoms. The normalized spacial score (nSPS) is 16.2. The molecule has 8 heteroatoms. The summed E-state index contributed by atoms with van der Waals surface area (Å²) in [5, 5.41) is 7.66. The van der Waals surface area contributed by atoms with E-state index in [0.717, 1.165) is 43.8 Å². The van der Waals surface area contributed by atoms with Gasteiger partial charge in [0.25, 0.3) is 0 Å². The van der Waals surface area contributed by atoms with E-state index in [1.54, 1.807) is 16.4 Å². The number of hydrogen-bond acceptors (Lipinski definition) is 5. The number of rotatable bonds is 9. The van der Waals surface area contributed by atoms with E-state index in [0.29, 0.717) is 25.9 Å². The molecule has 1 unspecified atom stereocenters. The monoisotopic (exact) mass is 415 g/mol. The first-order valence-corrected chi connectivity index (χ1v) is 10.7. The van der Waals surface area contributed by atoms with Crippen LogP contribution in [0, 0.1) is 0 Å². The molecule has 0 aliphatic carbocycles. The topological polar surface area (TPSA) is 81.4 Å². The molecular weight excluding hydrogens is 382 g/mol. The number of ether oxygens (including phenoxy) is 1. The highest BCUT2D eigenvalue weighted by molar-refractivity contribution is 5.76. The van der Waals surface area contributed by atoms with Gasteiger partial charge in [0.15, 0.2) is 0 Å². The number of methoxy groups -OCH3 is 1. The molecule has 0 radical (unpaired) electrons. The lowest BCUT2D eigenvalue weighted by molar-refractivity contribution is -0.122. The van der Waals surface area contributed by atoms with E-state index in [9.17, 15) is 9.59 Å². The van der Waals surface area contributed by atoms with Crippen LogP contribution in [-0.2, 0) is 30.7 Å². The molecule has 1 amide bonds. The highest BCUT2D eigenvalue weighted by Gasteiger charge is 2.22. The summed E-state index contributed by atoms with van der Waals surface area (Å²) in [6.07, 6.45) is 4.46. The second-order valence-corrected chi connectivity index (χ2v) is 8.17. The minimum atomic E-state index is -0.0432. The van der Waals surface area contributed by atoms with E-state index in [1.165, 1.54) is 5.56 Å². The summed E-state index contributed by atoms with van der Waals surface area (Å²) in [7, 11) is 5.62. The van der Waals surface area contributed by atoms with E-state index >= 15 is 0 Å². The van der Waals surface area contributed by atoms with Gasteiger partial charge in [0.05, 0.1) is 13.7 Å². The fraction of sp³-hybridized carbons (Fsp3) is 0.591. The lowest BCUT2D eigenvalue weighted by Crippen LogP contribution is -2.36. The molecule has 1 N–H and O–H groups in total. The van der Waals surface area contributed by atoms with Crippen LogP contribution >= 0.6 is 0 Å². The van der Waals surface area contributed by atoms with Gasteiger partial charge in [-0.25, -0.2) is 9.48 Å². The van der Waals surface area contributed by atoms with Gasteiger partial charge in [-0.05, 0) is 57.5 Å². The lowest BCUT2D eigenvalue weighted by Gasteiger charge is -2.16. The SMILES string of the molecule is COc1ccc(CCCC(=O)NC2CCc3nn(CCN(C)C)c(=O)n3CC2)cc1. The largest absolute Gasteiger partial charge is 0.497 e. The van der Waals surface area contributed by atoms with Crippen molar-refractivity contribution in [1.29, 1.82) is 0 Å². The number of carbonyl (C=O) groups is 1. The van der Waals surface area contributed by atoms with Crippen molar-refractivity contribution in [3.63, 3.8) is 0 Å². The van der Waals surface area contributed by atoms with Crippen LogP contribution in [0.25, 0.3) is 0 Å². The summed E-state index contributed by atoms with van der Waals surface area (Å²) in [6, 6.07) is 8.05. The fourth-order valence-electron chi connectivity index (χ4n) is 3.76. The minimum absolute atomic E-state index is 0.0432. The molecule has 30 heavy (non-hydrogen) atoms. The molecule has 0 fully saturated rings. The third-order valence-electron chi connectivity index (χ3n) is 5.57. The van der Waals surface area contributed by atoms with Gasteiger partial charge < -0.3 is 15.0 Å². The first-order valence-electron chi connectivity index (χ1n) is 10.7. The number of hydrogen-bond donors (Lipinski definition) is 1. The van der Waals surface area contributed by atoms with Crippen molar-refractivity contribution in [2.45, 2.75) is 57.7 Å².